The van der Waals surface area contributed by atoms with E-state index in [0.717, 1.165) is 43.9 Å². The lowest BCUT2D eigenvalue weighted by Crippen LogP contribution is -2.40. The Hall–Kier alpha value is -1.90. The Balaban J connectivity index is 1.53. The number of hydrogen-bond donors (Lipinski definition) is 2. The van der Waals surface area contributed by atoms with Crippen LogP contribution in [0.3, 0.4) is 0 Å². The van der Waals surface area contributed by atoms with Gasteiger partial charge in [0.25, 0.3) is 0 Å². The summed E-state index contributed by atoms with van der Waals surface area (Å²) in [5.74, 6) is 1.01. The van der Waals surface area contributed by atoms with Crippen molar-refractivity contribution in [2.75, 3.05) is 31.5 Å². The van der Waals surface area contributed by atoms with Crippen molar-refractivity contribution in [1.82, 2.24) is 9.62 Å². The average molecular weight is 395 g/mol. The number of ether oxygens (including phenoxy) is 1. The van der Waals surface area contributed by atoms with Gasteiger partial charge in [-0.15, -0.1) is 0 Å². The number of hydrogen-bond acceptors (Lipinski definition) is 5. The van der Waals surface area contributed by atoms with Crippen LogP contribution in [0.5, 0.6) is 11.5 Å². The van der Waals surface area contributed by atoms with Gasteiger partial charge in [-0.1, -0.05) is 18.0 Å². The number of halogens is 3. The van der Waals surface area contributed by atoms with Gasteiger partial charge in [0.15, 0.2) is 11.5 Å². The van der Waals surface area contributed by atoms with Crippen LogP contribution in [0.2, 0.25) is 0 Å². The summed E-state index contributed by atoms with van der Waals surface area (Å²) in [5.41, 5.74) is 1.42. The molecule has 1 fully saturated rings. The Labute approximate surface area is 160 Å². The first-order chi connectivity index (χ1) is 12.9. The van der Waals surface area contributed by atoms with Gasteiger partial charge in [0.1, 0.15) is 0 Å². The van der Waals surface area contributed by atoms with E-state index in [1.54, 1.807) is 11.9 Å². The fourth-order valence-electron chi connectivity index (χ4n) is 3.18. The molecular weight excluding hydrogens is 375 g/mol. The molecule has 0 spiro atoms. The molecule has 1 unspecified atom stereocenters. The summed E-state index contributed by atoms with van der Waals surface area (Å²) in [6, 6.07) is 9.31. The van der Waals surface area contributed by atoms with Gasteiger partial charge in [-0.3, -0.25) is 0 Å². The van der Waals surface area contributed by atoms with Crippen molar-refractivity contribution >= 4 is 23.3 Å². The quantitative estimate of drug-likeness (QED) is 0.599. The largest absolute Gasteiger partial charge is 0.453 e. The molecule has 4 nitrogen and oxygen atoms in total. The van der Waals surface area contributed by atoms with Gasteiger partial charge in [-0.25, -0.2) is 4.31 Å². The first-order valence-corrected chi connectivity index (χ1v) is 9.66. The molecule has 0 aromatic heterocycles. The molecule has 27 heavy (non-hydrogen) atoms. The van der Waals surface area contributed by atoms with Crippen LogP contribution in [0.25, 0.3) is 0 Å². The highest BCUT2D eigenvalue weighted by Gasteiger charge is 2.32. The van der Waals surface area contributed by atoms with E-state index in [0.29, 0.717) is 22.9 Å². The number of benzene rings is 2. The van der Waals surface area contributed by atoms with E-state index < -0.39 is 11.7 Å². The third kappa shape index (κ3) is 4.02. The van der Waals surface area contributed by atoms with Crippen LogP contribution >= 0.6 is 11.9 Å². The molecule has 2 aliphatic rings. The second-order valence-corrected chi connectivity index (χ2v) is 8.05. The SMILES string of the molecule is CC(SN1CCNCC1)c1ccc2c(c1)Nc1cc(C(F)(F)F)ccc1O2. The molecule has 1 atom stereocenters. The van der Waals surface area contributed by atoms with Gasteiger partial charge in [-0.05, 0) is 42.8 Å². The molecule has 0 aliphatic carbocycles. The van der Waals surface area contributed by atoms with E-state index in [4.69, 9.17) is 4.74 Å². The summed E-state index contributed by atoms with van der Waals surface area (Å²) < 4.78 is 47.0. The van der Waals surface area contributed by atoms with E-state index in [1.807, 2.05) is 18.2 Å². The normalized spacial score (nSPS) is 18.1. The van der Waals surface area contributed by atoms with Gasteiger partial charge in [-0.2, -0.15) is 13.2 Å². The highest BCUT2D eigenvalue weighted by molar-refractivity contribution is 7.97. The number of anilines is 2. The summed E-state index contributed by atoms with van der Waals surface area (Å²) in [6.45, 7) is 6.09. The maximum atomic E-state index is 13.0. The molecule has 2 heterocycles. The lowest BCUT2D eigenvalue weighted by molar-refractivity contribution is -0.137. The standard InChI is InChI=1S/C19H20F3N3OS/c1-12(27-25-8-6-23-7-9-25)13-2-4-17-15(10-13)24-16-11-14(19(20,21)22)3-5-18(16)26-17/h2-5,10-12,23-24H,6-9H2,1H3. The molecule has 2 aromatic carbocycles. The summed E-state index contributed by atoms with van der Waals surface area (Å²) >= 11 is 1.79. The van der Waals surface area contributed by atoms with Crippen molar-refractivity contribution in [3.05, 3.63) is 47.5 Å². The number of rotatable bonds is 3. The van der Waals surface area contributed by atoms with Crippen LogP contribution in [0.1, 0.15) is 23.3 Å². The van der Waals surface area contributed by atoms with Crippen molar-refractivity contribution in [1.29, 1.82) is 0 Å². The van der Waals surface area contributed by atoms with Crippen LogP contribution in [-0.4, -0.2) is 30.5 Å². The van der Waals surface area contributed by atoms with Gasteiger partial charge in [0.2, 0.25) is 0 Å². The zero-order valence-electron chi connectivity index (χ0n) is 14.8. The molecule has 2 N–H and O–H groups in total. The third-order valence-electron chi connectivity index (χ3n) is 4.65. The highest BCUT2D eigenvalue weighted by atomic mass is 32.2. The maximum Gasteiger partial charge on any atom is 0.416 e. The van der Waals surface area contributed by atoms with Crippen LogP contribution in [0.4, 0.5) is 24.5 Å². The molecule has 0 bridgehead atoms. The molecule has 144 valence electrons. The Morgan fingerprint density at radius 2 is 1.70 bits per heavy atom. The zero-order valence-corrected chi connectivity index (χ0v) is 15.6. The number of nitrogens with one attached hydrogen (secondary N) is 2. The van der Waals surface area contributed by atoms with E-state index in [1.165, 1.54) is 6.07 Å². The molecule has 2 aliphatic heterocycles. The van der Waals surface area contributed by atoms with Gasteiger partial charge < -0.3 is 15.4 Å². The fourth-order valence-corrected chi connectivity index (χ4v) is 4.29. The predicted molar refractivity (Wildman–Crippen MR) is 102 cm³/mol. The molecule has 0 saturated carbocycles. The van der Waals surface area contributed by atoms with Crippen molar-refractivity contribution in [2.45, 2.75) is 18.3 Å². The highest BCUT2D eigenvalue weighted by Crippen LogP contribution is 2.45. The van der Waals surface area contributed by atoms with E-state index in [9.17, 15) is 13.2 Å². The molecule has 8 heteroatoms. The smallest absolute Gasteiger partial charge is 0.416 e. The molecule has 4 rings (SSSR count). The predicted octanol–water partition coefficient (Wildman–Crippen LogP) is 5.17. The Morgan fingerprint density at radius 3 is 2.41 bits per heavy atom. The second-order valence-electron chi connectivity index (χ2n) is 6.62. The van der Waals surface area contributed by atoms with Crippen molar-refractivity contribution in [3.8, 4) is 11.5 Å². The maximum absolute atomic E-state index is 13.0. The monoisotopic (exact) mass is 395 g/mol. The first kappa shape index (κ1) is 18.5. The van der Waals surface area contributed by atoms with E-state index in [-0.39, 0.29) is 5.25 Å². The lowest BCUT2D eigenvalue weighted by Gasteiger charge is -2.29. The summed E-state index contributed by atoms with van der Waals surface area (Å²) in [7, 11) is 0. The van der Waals surface area contributed by atoms with Crippen LogP contribution in [0.15, 0.2) is 36.4 Å². The molecular formula is C19H20F3N3OS. The second kappa shape index (κ2) is 7.26. The van der Waals surface area contributed by atoms with Crippen molar-refractivity contribution in [2.24, 2.45) is 0 Å². The molecule has 0 radical (unpaired) electrons. The minimum Gasteiger partial charge on any atom is -0.453 e. The van der Waals surface area contributed by atoms with Gasteiger partial charge in [0, 0.05) is 31.4 Å². The average Bonchev–Trinajstić information content (AvgIpc) is 2.65. The number of piperazine rings is 1. The first-order valence-electron chi connectivity index (χ1n) is 8.83. The molecule has 0 amide bonds. The third-order valence-corrected chi connectivity index (χ3v) is 5.90. The Kier molecular flexibility index (Phi) is 4.96. The summed E-state index contributed by atoms with van der Waals surface area (Å²) in [5, 5.41) is 6.66. The van der Waals surface area contributed by atoms with Crippen LogP contribution in [-0.2, 0) is 6.18 Å². The lowest BCUT2D eigenvalue weighted by atomic mass is 10.1. The summed E-state index contributed by atoms with van der Waals surface area (Å²) in [4.78, 5) is 0. The minimum absolute atomic E-state index is 0.234. The van der Waals surface area contributed by atoms with Gasteiger partial charge in [0.05, 0.1) is 16.9 Å². The zero-order chi connectivity index (χ0) is 19.0. The number of nitrogens with zero attached hydrogens (tertiary/aromatic N) is 1. The minimum atomic E-state index is -4.38. The topological polar surface area (TPSA) is 36.5 Å². The number of fused-ring (bicyclic) bond motifs is 2. The van der Waals surface area contributed by atoms with Crippen molar-refractivity contribution in [3.63, 3.8) is 0 Å². The summed E-state index contributed by atoms with van der Waals surface area (Å²) in [6.07, 6.45) is -4.38. The van der Waals surface area contributed by atoms with Crippen LogP contribution in [0, 0.1) is 0 Å². The Morgan fingerprint density at radius 1 is 1.04 bits per heavy atom. The molecule has 1 saturated heterocycles. The van der Waals surface area contributed by atoms with Crippen molar-refractivity contribution < 1.29 is 17.9 Å². The fraction of sp³-hybridized carbons (Fsp3) is 0.368. The van der Waals surface area contributed by atoms with Gasteiger partial charge >= 0.3 is 6.18 Å². The number of alkyl halides is 3. The molecule has 2 aromatic rings. The van der Waals surface area contributed by atoms with E-state index >= 15 is 0 Å². The van der Waals surface area contributed by atoms with Crippen LogP contribution < -0.4 is 15.4 Å². The Bertz CT molecular complexity index is 837. The van der Waals surface area contributed by atoms with E-state index in [2.05, 4.69) is 21.9 Å².